The maximum atomic E-state index is 11.6. The molecule has 0 aromatic heterocycles. The molecule has 4 heteroatoms. The second kappa shape index (κ2) is 5.76. The van der Waals surface area contributed by atoms with Crippen LogP contribution in [-0.2, 0) is 4.79 Å². The maximum Gasteiger partial charge on any atom is 0.241 e. The molecule has 0 bridgehead atoms. The van der Waals surface area contributed by atoms with E-state index in [1.165, 1.54) is 12.1 Å². The summed E-state index contributed by atoms with van der Waals surface area (Å²) < 4.78 is 0. The number of nitrogens with one attached hydrogen (secondary N) is 1. The van der Waals surface area contributed by atoms with Crippen molar-refractivity contribution in [2.45, 2.75) is 19.8 Å². The Morgan fingerprint density at radius 2 is 2.38 bits per heavy atom. The Morgan fingerprint density at radius 1 is 1.62 bits per heavy atom. The fraction of sp³-hybridized carbons (Fsp3) is 0.333. The van der Waals surface area contributed by atoms with Gasteiger partial charge < -0.3 is 10.4 Å². The maximum absolute atomic E-state index is 11.6. The minimum absolute atomic E-state index is 0.0850. The average molecular weight is 218 g/mol. The van der Waals surface area contributed by atoms with Gasteiger partial charge in [0.2, 0.25) is 5.91 Å². The van der Waals surface area contributed by atoms with Gasteiger partial charge in [0.05, 0.1) is 6.07 Å². The molecule has 1 rings (SSSR count). The highest BCUT2D eigenvalue weighted by Gasteiger charge is 2.16. The smallest absolute Gasteiger partial charge is 0.241 e. The van der Waals surface area contributed by atoms with E-state index in [9.17, 15) is 9.90 Å². The molecule has 16 heavy (non-hydrogen) atoms. The Labute approximate surface area is 94.5 Å². The van der Waals surface area contributed by atoms with E-state index in [-0.39, 0.29) is 11.7 Å². The van der Waals surface area contributed by atoms with Gasteiger partial charge in [0.25, 0.3) is 0 Å². The number of anilines is 1. The second-order valence-electron chi connectivity index (χ2n) is 3.51. The lowest BCUT2D eigenvalue weighted by molar-refractivity contribution is -0.118. The predicted molar refractivity (Wildman–Crippen MR) is 60.7 cm³/mol. The van der Waals surface area contributed by atoms with E-state index in [2.05, 4.69) is 5.32 Å². The summed E-state index contributed by atoms with van der Waals surface area (Å²) in [6, 6.07) is 8.22. The number of hydrogen-bond donors (Lipinski definition) is 2. The molecule has 0 saturated heterocycles. The first-order valence-corrected chi connectivity index (χ1v) is 5.17. The molecular formula is C12H14N2O2. The van der Waals surface area contributed by atoms with E-state index in [1.54, 1.807) is 12.1 Å². The monoisotopic (exact) mass is 218 g/mol. The minimum Gasteiger partial charge on any atom is -0.508 e. The molecule has 0 aliphatic rings. The number of carbonyl (C=O) groups is 1. The highest BCUT2D eigenvalue weighted by Crippen LogP contribution is 2.17. The third-order valence-corrected chi connectivity index (χ3v) is 2.16. The third-order valence-electron chi connectivity index (χ3n) is 2.16. The number of aromatic hydroxyl groups is 1. The number of phenols is 1. The van der Waals surface area contributed by atoms with Crippen LogP contribution in [0.3, 0.4) is 0 Å². The number of amides is 1. The number of nitrogens with zero attached hydrogens (tertiary/aromatic N) is 1. The standard InChI is InChI=1S/C12H14N2O2/c1-2-4-9(8-13)12(16)14-10-5-3-6-11(15)7-10/h3,5-7,9,15H,2,4H2,1H3,(H,14,16). The molecule has 0 aliphatic heterocycles. The first-order valence-electron chi connectivity index (χ1n) is 5.17. The van der Waals surface area contributed by atoms with Crippen LogP contribution < -0.4 is 5.32 Å². The quantitative estimate of drug-likeness (QED) is 0.814. The zero-order valence-electron chi connectivity index (χ0n) is 9.10. The molecule has 4 nitrogen and oxygen atoms in total. The predicted octanol–water partition coefficient (Wildman–Crippen LogP) is 2.27. The van der Waals surface area contributed by atoms with Crippen LogP contribution in [0.1, 0.15) is 19.8 Å². The van der Waals surface area contributed by atoms with Crippen molar-refractivity contribution in [3.05, 3.63) is 24.3 Å². The molecule has 1 amide bonds. The van der Waals surface area contributed by atoms with E-state index < -0.39 is 5.92 Å². The van der Waals surface area contributed by atoms with E-state index in [0.717, 1.165) is 6.42 Å². The molecule has 84 valence electrons. The lowest BCUT2D eigenvalue weighted by Crippen LogP contribution is -2.21. The Bertz CT molecular complexity index is 410. The summed E-state index contributed by atoms with van der Waals surface area (Å²) in [5.41, 5.74) is 0.501. The number of phenolic OH excluding ortho intramolecular Hbond substituents is 1. The molecule has 1 aromatic carbocycles. The van der Waals surface area contributed by atoms with E-state index in [0.29, 0.717) is 12.1 Å². The molecule has 1 aromatic rings. The molecule has 0 saturated carbocycles. The summed E-state index contributed by atoms with van der Waals surface area (Å²) >= 11 is 0. The van der Waals surface area contributed by atoms with Crippen LogP contribution >= 0.6 is 0 Å². The van der Waals surface area contributed by atoms with Crippen LogP contribution in [0.5, 0.6) is 5.75 Å². The van der Waals surface area contributed by atoms with Crippen LogP contribution in [-0.4, -0.2) is 11.0 Å². The lowest BCUT2D eigenvalue weighted by Gasteiger charge is -2.09. The molecule has 0 heterocycles. The Balaban J connectivity index is 2.67. The van der Waals surface area contributed by atoms with Crippen molar-refractivity contribution in [2.75, 3.05) is 5.32 Å². The normalized spacial score (nSPS) is 11.5. The van der Waals surface area contributed by atoms with E-state index in [1.807, 2.05) is 13.0 Å². The molecule has 1 atom stereocenters. The van der Waals surface area contributed by atoms with Crippen LogP contribution in [0.4, 0.5) is 5.69 Å². The van der Waals surface area contributed by atoms with Crippen molar-refractivity contribution in [3.63, 3.8) is 0 Å². The van der Waals surface area contributed by atoms with E-state index >= 15 is 0 Å². The van der Waals surface area contributed by atoms with Crippen molar-refractivity contribution < 1.29 is 9.90 Å². The molecule has 2 N–H and O–H groups in total. The number of rotatable bonds is 4. The Kier molecular flexibility index (Phi) is 4.34. The van der Waals surface area contributed by atoms with Gasteiger partial charge in [-0.05, 0) is 18.6 Å². The highest BCUT2D eigenvalue weighted by atomic mass is 16.3. The van der Waals surface area contributed by atoms with Crippen LogP contribution in [0.15, 0.2) is 24.3 Å². The van der Waals surface area contributed by atoms with Crippen LogP contribution in [0.2, 0.25) is 0 Å². The van der Waals surface area contributed by atoms with Crippen molar-refractivity contribution in [1.29, 1.82) is 5.26 Å². The third kappa shape index (κ3) is 3.28. The molecular weight excluding hydrogens is 204 g/mol. The van der Waals surface area contributed by atoms with Gasteiger partial charge in [-0.2, -0.15) is 5.26 Å². The number of carbonyl (C=O) groups excluding carboxylic acids is 1. The number of nitriles is 1. The average Bonchev–Trinajstić information content (AvgIpc) is 2.25. The molecule has 0 aliphatic carbocycles. The summed E-state index contributed by atoms with van der Waals surface area (Å²) in [6.07, 6.45) is 1.33. The first kappa shape index (κ1) is 12.1. The molecule has 0 radical (unpaired) electrons. The van der Waals surface area contributed by atoms with Gasteiger partial charge in [0.15, 0.2) is 0 Å². The van der Waals surface area contributed by atoms with Gasteiger partial charge in [0.1, 0.15) is 11.7 Å². The van der Waals surface area contributed by atoms with Gasteiger partial charge in [-0.25, -0.2) is 0 Å². The summed E-state index contributed by atoms with van der Waals surface area (Å²) in [5, 5.41) is 20.6. The Hall–Kier alpha value is -2.02. The number of hydrogen-bond acceptors (Lipinski definition) is 3. The topological polar surface area (TPSA) is 73.1 Å². The van der Waals surface area contributed by atoms with Crippen molar-refractivity contribution in [2.24, 2.45) is 5.92 Å². The lowest BCUT2D eigenvalue weighted by atomic mass is 10.0. The highest BCUT2D eigenvalue weighted by molar-refractivity contribution is 5.94. The first-order chi connectivity index (χ1) is 7.67. The summed E-state index contributed by atoms with van der Waals surface area (Å²) in [6.45, 7) is 1.92. The van der Waals surface area contributed by atoms with Crippen molar-refractivity contribution in [1.82, 2.24) is 0 Å². The largest absolute Gasteiger partial charge is 0.508 e. The van der Waals surface area contributed by atoms with Gasteiger partial charge >= 0.3 is 0 Å². The van der Waals surface area contributed by atoms with Gasteiger partial charge in [-0.15, -0.1) is 0 Å². The summed E-state index contributed by atoms with van der Waals surface area (Å²) in [5.74, 6) is -0.871. The van der Waals surface area contributed by atoms with Crippen LogP contribution in [0, 0.1) is 17.2 Å². The zero-order chi connectivity index (χ0) is 12.0. The van der Waals surface area contributed by atoms with Gasteiger partial charge in [-0.1, -0.05) is 19.4 Å². The summed E-state index contributed by atoms with van der Waals surface area (Å²) in [7, 11) is 0. The van der Waals surface area contributed by atoms with E-state index in [4.69, 9.17) is 5.26 Å². The molecule has 0 fully saturated rings. The zero-order valence-corrected chi connectivity index (χ0v) is 9.10. The Morgan fingerprint density at radius 3 is 2.94 bits per heavy atom. The van der Waals surface area contributed by atoms with Crippen molar-refractivity contribution in [3.8, 4) is 11.8 Å². The molecule has 1 unspecified atom stereocenters. The molecule has 0 spiro atoms. The SMILES string of the molecule is CCCC(C#N)C(=O)Nc1cccc(O)c1. The summed E-state index contributed by atoms with van der Waals surface area (Å²) in [4.78, 5) is 11.6. The van der Waals surface area contributed by atoms with Crippen molar-refractivity contribution >= 4 is 11.6 Å². The fourth-order valence-electron chi connectivity index (χ4n) is 1.36. The number of benzene rings is 1. The minimum atomic E-state index is -0.632. The van der Waals surface area contributed by atoms with Crippen LogP contribution in [0.25, 0.3) is 0 Å². The van der Waals surface area contributed by atoms with Gasteiger partial charge in [0, 0.05) is 11.8 Å². The fourth-order valence-corrected chi connectivity index (χ4v) is 1.36. The van der Waals surface area contributed by atoms with Gasteiger partial charge in [-0.3, -0.25) is 4.79 Å². The second-order valence-corrected chi connectivity index (χ2v) is 3.51.